The maximum atomic E-state index is 11.3. The lowest BCUT2D eigenvalue weighted by Crippen LogP contribution is -2.04. The molecule has 0 fully saturated rings. The van der Waals surface area contributed by atoms with Crippen LogP contribution in [0.3, 0.4) is 0 Å². The lowest BCUT2D eigenvalue weighted by molar-refractivity contribution is -0.131. The first-order valence-corrected chi connectivity index (χ1v) is 7.59. The molecule has 0 aliphatic carbocycles. The maximum Gasteiger partial charge on any atom is 0.308 e. The molecule has 0 aromatic heterocycles. The Hall–Kier alpha value is -1.61. The van der Waals surface area contributed by atoms with Gasteiger partial charge in [-0.2, -0.15) is 0 Å². The molecule has 0 heterocycles. The van der Waals surface area contributed by atoms with Crippen molar-refractivity contribution in [1.29, 1.82) is 0 Å². The van der Waals surface area contributed by atoms with Gasteiger partial charge in [-0.05, 0) is 42.2 Å². The normalized spacial score (nSPS) is 10.4. The molecule has 0 radical (unpaired) electrons. The van der Waals surface area contributed by atoms with Crippen LogP contribution in [-0.2, 0) is 10.1 Å². The summed E-state index contributed by atoms with van der Waals surface area (Å²) in [6, 6.07) is 12.2. The number of hydrogen-bond acceptors (Lipinski definition) is 2. The van der Waals surface area contributed by atoms with Crippen molar-refractivity contribution in [2.75, 3.05) is 0 Å². The molecule has 0 aliphatic heterocycles. The second-order valence-electron chi connectivity index (χ2n) is 4.84. The SMILES string of the molecule is CC(=O)Oc1cc(C)cc(C)c1-c1ccccc1CBr. The number of halogens is 1. The number of benzene rings is 2. The second-order valence-corrected chi connectivity index (χ2v) is 5.40. The molecular weight excluding hydrogens is 316 g/mol. The average Bonchev–Trinajstić information content (AvgIpc) is 2.37. The number of alkyl halides is 1. The number of esters is 1. The number of hydrogen-bond donors (Lipinski definition) is 0. The molecule has 2 aromatic carbocycles. The molecule has 104 valence electrons. The fraction of sp³-hybridized carbons (Fsp3) is 0.235. The predicted molar refractivity (Wildman–Crippen MR) is 85.3 cm³/mol. The molecule has 0 aliphatic rings. The summed E-state index contributed by atoms with van der Waals surface area (Å²) in [5, 5.41) is 0.760. The second kappa shape index (κ2) is 6.23. The Morgan fingerprint density at radius 1 is 1.20 bits per heavy atom. The molecule has 0 saturated heterocycles. The molecule has 0 unspecified atom stereocenters. The molecule has 0 amide bonds. The van der Waals surface area contributed by atoms with E-state index in [-0.39, 0.29) is 5.97 Å². The van der Waals surface area contributed by atoms with Crippen LogP contribution in [-0.4, -0.2) is 5.97 Å². The van der Waals surface area contributed by atoms with Gasteiger partial charge in [-0.3, -0.25) is 4.79 Å². The van der Waals surface area contributed by atoms with Crippen LogP contribution >= 0.6 is 15.9 Å². The molecule has 20 heavy (non-hydrogen) atoms. The van der Waals surface area contributed by atoms with E-state index in [2.05, 4.69) is 34.1 Å². The van der Waals surface area contributed by atoms with Crippen LogP contribution in [0, 0.1) is 13.8 Å². The van der Waals surface area contributed by atoms with Crippen LogP contribution < -0.4 is 4.74 Å². The Morgan fingerprint density at radius 3 is 2.55 bits per heavy atom. The topological polar surface area (TPSA) is 26.3 Å². The monoisotopic (exact) mass is 332 g/mol. The molecule has 0 atom stereocenters. The molecule has 0 N–H and O–H groups in total. The van der Waals surface area contributed by atoms with E-state index in [0.717, 1.165) is 27.6 Å². The molecule has 0 bridgehead atoms. The highest BCUT2D eigenvalue weighted by Gasteiger charge is 2.15. The first-order chi connectivity index (χ1) is 9.52. The quantitative estimate of drug-likeness (QED) is 0.459. The first kappa shape index (κ1) is 14.8. The zero-order valence-electron chi connectivity index (χ0n) is 11.9. The molecule has 2 nitrogen and oxygen atoms in total. The standard InChI is InChI=1S/C17H17BrO2/c1-11-8-12(2)17(16(9-11)20-13(3)19)15-7-5-4-6-14(15)10-18/h4-9H,10H2,1-3H3. The van der Waals surface area contributed by atoms with Crippen LogP contribution in [0.1, 0.15) is 23.6 Å². The van der Waals surface area contributed by atoms with E-state index in [9.17, 15) is 4.79 Å². The van der Waals surface area contributed by atoms with E-state index in [0.29, 0.717) is 5.75 Å². The van der Waals surface area contributed by atoms with Gasteiger partial charge in [0.25, 0.3) is 0 Å². The lowest BCUT2D eigenvalue weighted by Gasteiger charge is -2.16. The Bertz CT molecular complexity index is 647. The van der Waals surface area contributed by atoms with Crippen molar-refractivity contribution in [1.82, 2.24) is 0 Å². The number of rotatable bonds is 3. The number of carbonyl (C=O) groups excluding carboxylic acids is 1. The minimum Gasteiger partial charge on any atom is -0.426 e. The number of ether oxygens (including phenoxy) is 1. The van der Waals surface area contributed by atoms with Crippen molar-refractivity contribution < 1.29 is 9.53 Å². The van der Waals surface area contributed by atoms with Crippen molar-refractivity contribution in [2.45, 2.75) is 26.1 Å². The van der Waals surface area contributed by atoms with Gasteiger partial charge in [0.2, 0.25) is 0 Å². The molecule has 0 spiro atoms. The van der Waals surface area contributed by atoms with Gasteiger partial charge in [0, 0.05) is 17.8 Å². The Labute approximate surface area is 127 Å². The summed E-state index contributed by atoms with van der Waals surface area (Å²) in [6.07, 6.45) is 0. The predicted octanol–water partition coefficient (Wildman–Crippen LogP) is 4.79. The Kier molecular flexibility index (Phi) is 4.61. The fourth-order valence-electron chi connectivity index (χ4n) is 2.39. The first-order valence-electron chi connectivity index (χ1n) is 6.47. The average molecular weight is 333 g/mol. The van der Waals surface area contributed by atoms with Gasteiger partial charge in [-0.25, -0.2) is 0 Å². The zero-order chi connectivity index (χ0) is 14.7. The van der Waals surface area contributed by atoms with E-state index in [1.54, 1.807) is 0 Å². The Morgan fingerprint density at radius 2 is 1.90 bits per heavy atom. The molecule has 2 aromatic rings. The van der Waals surface area contributed by atoms with E-state index in [4.69, 9.17) is 4.74 Å². The largest absolute Gasteiger partial charge is 0.426 e. The van der Waals surface area contributed by atoms with Gasteiger partial charge >= 0.3 is 5.97 Å². The summed E-state index contributed by atoms with van der Waals surface area (Å²) < 4.78 is 5.41. The highest BCUT2D eigenvalue weighted by molar-refractivity contribution is 9.08. The summed E-state index contributed by atoms with van der Waals surface area (Å²) in [4.78, 5) is 11.3. The third-order valence-electron chi connectivity index (χ3n) is 3.13. The van der Waals surface area contributed by atoms with E-state index in [1.165, 1.54) is 12.5 Å². The van der Waals surface area contributed by atoms with Crippen molar-refractivity contribution in [3.8, 4) is 16.9 Å². The van der Waals surface area contributed by atoms with E-state index >= 15 is 0 Å². The van der Waals surface area contributed by atoms with Gasteiger partial charge in [0.15, 0.2) is 0 Å². The third kappa shape index (κ3) is 3.10. The fourth-order valence-corrected chi connectivity index (χ4v) is 2.88. The Balaban J connectivity index is 2.68. The van der Waals surface area contributed by atoms with Crippen LogP contribution in [0.5, 0.6) is 5.75 Å². The molecule has 3 heteroatoms. The number of aryl methyl sites for hydroxylation is 2. The maximum absolute atomic E-state index is 11.3. The van der Waals surface area contributed by atoms with Crippen molar-refractivity contribution in [3.05, 3.63) is 53.1 Å². The summed E-state index contributed by atoms with van der Waals surface area (Å²) in [7, 11) is 0. The van der Waals surface area contributed by atoms with Crippen molar-refractivity contribution in [3.63, 3.8) is 0 Å². The summed E-state index contributed by atoms with van der Waals surface area (Å²) >= 11 is 3.51. The van der Waals surface area contributed by atoms with E-state index in [1.807, 2.05) is 32.0 Å². The summed E-state index contributed by atoms with van der Waals surface area (Å²) in [5.41, 5.74) is 5.44. The van der Waals surface area contributed by atoms with Crippen LogP contribution in [0.25, 0.3) is 11.1 Å². The van der Waals surface area contributed by atoms with Crippen molar-refractivity contribution in [2.24, 2.45) is 0 Å². The lowest BCUT2D eigenvalue weighted by atomic mass is 9.94. The van der Waals surface area contributed by atoms with Crippen LogP contribution in [0.2, 0.25) is 0 Å². The molecular formula is C17H17BrO2. The minimum atomic E-state index is -0.299. The van der Waals surface area contributed by atoms with Gasteiger partial charge in [-0.1, -0.05) is 46.3 Å². The third-order valence-corrected chi connectivity index (χ3v) is 3.73. The van der Waals surface area contributed by atoms with Gasteiger partial charge < -0.3 is 4.74 Å². The van der Waals surface area contributed by atoms with Gasteiger partial charge in [0.1, 0.15) is 5.75 Å². The van der Waals surface area contributed by atoms with Gasteiger partial charge in [0.05, 0.1) is 0 Å². The molecule has 2 rings (SSSR count). The van der Waals surface area contributed by atoms with Crippen LogP contribution in [0.15, 0.2) is 36.4 Å². The van der Waals surface area contributed by atoms with Crippen LogP contribution in [0.4, 0.5) is 0 Å². The molecule has 0 saturated carbocycles. The van der Waals surface area contributed by atoms with E-state index < -0.39 is 0 Å². The minimum absolute atomic E-state index is 0.299. The zero-order valence-corrected chi connectivity index (χ0v) is 13.5. The van der Waals surface area contributed by atoms with Crippen molar-refractivity contribution >= 4 is 21.9 Å². The summed E-state index contributed by atoms with van der Waals surface area (Å²) in [6.45, 7) is 5.47. The highest BCUT2D eigenvalue weighted by atomic mass is 79.9. The number of carbonyl (C=O) groups is 1. The highest BCUT2D eigenvalue weighted by Crippen LogP contribution is 2.37. The summed E-state index contributed by atoms with van der Waals surface area (Å²) in [5.74, 6) is 0.330. The van der Waals surface area contributed by atoms with Gasteiger partial charge in [-0.15, -0.1) is 0 Å². The smallest absolute Gasteiger partial charge is 0.308 e.